The zero-order valence-electron chi connectivity index (χ0n) is 12.0. The van der Waals surface area contributed by atoms with Gasteiger partial charge in [0.15, 0.2) is 0 Å². The Hall–Kier alpha value is -2.90. The molecule has 0 atom stereocenters. The summed E-state index contributed by atoms with van der Waals surface area (Å²) in [5, 5.41) is 0. The average molecular weight is 288 g/mol. The number of nitrogens with zero attached hydrogens (tertiary/aromatic N) is 4. The largest absolute Gasteiger partial charge is 0.481 e. The van der Waals surface area contributed by atoms with Crippen LogP contribution in [0.5, 0.6) is 5.88 Å². The molecule has 0 saturated carbocycles. The average Bonchev–Trinajstić information content (AvgIpc) is 2.52. The smallest absolute Gasteiger partial charge is 0.273 e. The molecule has 0 fully saturated rings. The Labute approximate surface area is 122 Å². The van der Waals surface area contributed by atoms with Gasteiger partial charge < -0.3 is 9.64 Å². The van der Waals surface area contributed by atoms with E-state index in [1.807, 2.05) is 14.1 Å². The fraction of sp³-hybridized carbons (Fsp3) is 0.231. The molecular weight excluding hydrogens is 272 g/mol. The van der Waals surface area contributed by atoms with E-state index >= 15 is 0 Å². The van der Waals surface area contributed by atoms with Gasteiger partial charge in [-0.2, -0.15) is 4.98 Å². The summed E-state index contributed by atoms with van der Waals surface area (Å²) >= 11 is 0. The van der Waals surface area contributed by atoms with E-state index in [4.69, 9.17) is 4.74 Å². The topological polar surface area (TPSA) is 92.3 Å². The summed E-state index contributed by atoms with van der Waals surface area (Å²) in [6, 6.07) is 4.99. The molecule has 0 saturated heterocycles. The normalized spacial score (nSPS) is 9.86. The molecule has 2 aromatic rings. The minimum Gasteiger partial charge on any atom is -0.481 e. The van der Waals surface area contributed by atoms with Crippen LogP contribution in [0.25, 0.3) is 0 Å². The molecule has 8 nitrogen and oxygen atoms in total. The zero-order valence-corrected chi connectivity index (χ0v) is 12.0. The number of nitrogens with one attached hydrogen (secondary N) is 2. The Bertz CT molecular complexity index is 632. The maximum atomic E-state index is 12.2. The molecule has 2 N–H and O–H groups in total. The van der Waals surface area contributed by atoms with Crippen LogP contribution in [0.2, 0.25) is 0 Å². The Morgan fingerprint density at radius 3 is 2.76 bits per heavy atom. The third-order valence-electron chi connectivity index (χ3n) is 2.58. The van der Waals surface area contributed by atoms with Gasteiger partial charge in [-0.25, -0.2) is 9.97 Å². The number of methoxy groups -OCH3 is 1. The van der Waals surface area contributed by atoms with E-state index in [1.165, 1.54) is 13.3 Å². The van der Waals surface area contributed by atoms with Gasteiger partial charge >= 0.3 is 0 Å². The monoisotopic (exact) mass is 288 g/mol. The Morgan fingerprint density at radius 1 is 1.24 bits per heavy atom. The number of carbonyl (C=O) groups excluding carboxylic acids is 1. The van der Waals surface area contributed by atoms with Gasteiger partial charge in [0.1, 0.15) is 5.82 Å². The van der Waals surface area contributed by atoms with Crippen molar-refractivity contribution in [3.63, 3.8) is 0 Å². The second-order valence-electron chi connectivity index (χ2n) is 4.27. The van der Waals surface area contributed by atoms with E-state index in [0.29, 0.717) is 17.3 Å². The highest BCUT2D eigenvalue weighted by atomic mass is 16.5. The van der Waals surface area contributed by atoms with Crippen molar-refractivity contribution < 1.29 is 9.53 Å². The van der Waals surface area contributed by atoms with Gasteiger partial charge in [0.2, 0.25) is 11.8 Å². The lowest BCUT2D eigenvalue weighted by molar-refractivity contribution is 0.0962. The number of amides is 1. The minimum atomic E-state index is -0.335. The molecular formula is C13H16N6O2. The SMILES string of the molecule is COc1ccnc(NNC(=O)c2cccnc2N(C)C)n1. The van der Waals surface area contributed by atoms with Gasteiger partial charge in [-0.05, 0) is 12.1 Å². The van der Waals surface area contributed by atoms with Gasteiger partial charge in [-0.1, -0.05) is 0 Å². The molecule has 0 aliphatic carbocycles. The number of carbonyl (C=O) groups is 1. The first kappa shape index (κ1) is 14.5. The lowest BCUT2D eigenvalue weighted by Crippen LogP contribution is -2.31. The molecule has 0 aromatic carbocycles. The summed E-state index contributed by atoms with van der Waals surface area (Å²) in [5.74, 6) is 0.872. The molecule has 0 bridgehead atoms. The van der Waals surface area contributed by atoms with Crippen LogP contribution in [-0.4, -0.2) is 42.1 Å². The summed E-state index contributed by atoms with van der Waals surface area (Å²) in [7, 11) is 5.14. The second kappa shape index (κ2) is 6.51. The van der Waals surface area contributed by atoms with E-state index in [2.05, 4.69) is 25.8 Å². The first-order valence-electron chi connectivity index (χ1n) is 6.17. The lowest BCUT2D eigenvalue weighted by Gasteiger charge is -2.15. The number of pyridine rings is 1. The first-order chi connectivity index (χ1) is 10.1. The fourth-order valence-corrected chi connectivity index (χ4v) is 1.63. The third kappa shape index (κ3) is 3.56. The van der Waals surface area contributed by atoms with Crippen LogP contribution >= 0.6 is 0 Å². The van der Waals surface area contributed by atoms with Crippen molar-refractivity contribution in [1.29, 1.82) is 0 Å². The quantitative estimate of drug-likeness (QED) is 0.782. The van der Waals surface area contributed by atoms with Gasteiger partial charge in [0.25, 0.3) is 5.91 Å². The van der Waals surface area contributed by atoms with Crippen molar-refractivity contribution in [2.75, 3.05) is 31.5 Å². The van der Waals surface area contributed by atoms with Crippen LogP contribution in [-0.2, 0) is 0 Å². The third-order valence-corrected chi connectivity index (χ3v) is 2.58. The van der Waals surface area contributed by atoms with E-state index in [9.17, 15) is 4.79 Å². The Kier molecular flexibility index (Phi) is 4.50. The molecule has 2 rings (SSSR count). The molecule has 0 aliphatic heterocycles. The molecule has 110 valence electrons. The Balaban J connectivity index is 2.08. The van der Waals surface area contributed by atoms with Crippen LogP contribution in [0, 0.1) is 0 Å². The van der Waals surface area contributed by atoms with E-state index in [1.54, 1.807) is 29.3 Å². The zero-order chi connectivity index (χ0) is 15.2. The maximum Gasteiger partial charge on any atom is 0.273 e. The van der Waals surface area contributed by atoms with Gasteiger partial charge in [-0.15, -0.1) is 0 Å². The lowest BCUT2D eigenvalue weighted by atomic mass is 10.2. The van der Waals surface area contributed by atoms with Crippen molar-refractivity contribution in [2.24, 2.45) is 0 Å². The standard InChI is InChI=1S/C13H16N6O2/c1-19(2)11-9(5-4-7-14-11)12(20)17-18-13-15-8-6-10(16-13)21-3/h4-8H,1-3H3,(H,17,20)(H,15,16,18). The highest BCUT2D eigenvalue weighted by Crippen LogP contribution is 2.14. The van der Waals surface area contributed by atoms with E-state index in [0.717, 1.165) is 0 Å². The molecule has 8 heteroatoms. The summed E-state index contributed by atoms with van der Waals surface area (Å²) < 4.78 is 4.98. The predicted octanol–water partition coefficient (Wildman–Crippen LogP) is 0.703. The molecule has 2 aromatic heterocycles. The summed E-state index contributed by atoms with van der Waals surface area (Å²) in [4.78, 5) is 26.1. The van der Waals surface area contributed by atoms with Gasteiger partial charge in [-0.3, -0.25) is 15.6 Å². The fourth-order valence-electron chi connectivity index (χ4n) is 1.63. The highest BCUT2D eigenvalue weighted by Gasteiger charge is 2.13. The molecule has 0 unspecified atom stereocenters. The van der Waals surface area contributed by atoms with Gasteiger partial charge in [0.05, 0.1) is 12.7 Å². The highest BCUT2D eigenvalue weighted by molar-refractivity contribution is 5.99. The summed E-state index contributed by atoms with van der Waals surface area (Å²) in [6.45, 7) is 0. The van der Waals surface area contributed by atoms with Crippen LogP contribution in [0.1, 0.15) is 10.4 Å². The second-order valence-corrected chi connectivity index (χ2v) is 4.27. The van der Waals surface area contributed by atoms with E-state index in [-0.39, 0.29) is 11.9 Å². The van der Waals surface area contributed by atoms with Crippen LogP contribution in [0.15, 0.2) is 30.6 Å². The van der Waals surface area contributed by atoms with Crippen molar-refractivity contribution in [3.05, 3.63) is 36.2 Å². The molecule has 0 aliphatic rings. The number of rotatable bonds is 5. The molecule has 0 spiro atoms. The molecule has 21 heavy (non-hydrogen) atoms. The summed E-state index contributed by atoms with van der Waals surface area (Å²) in [5.41, 5.74) is 5.60. The number of hydrogen-bond donors (Lipinski definition) is 2. The molecule has 1 amide bonds. The number of ether oxygens (including phenoxy) is 1. The van der Waals surface area contributed by atoms with E-state index < -0.39 is 0 Å². The van der Waals surface area contributed by atoms with Crippen molar-refractivity contribution in [2.45, 2.75) is 0 Å². The van der Waals surface area contributed by atoms with Crippen LogP contribution in [0.3, 0.4) is 0 Å². The summed E-state index contributed by atoms with van der Waals surface area (Å²) in [6.07, 6.45) is 3.15. The molecule has 0 radical (unpaired) electrons. The number of anilines is 2. The minimum absolute atomic E-state index is 0.234. The van der Waals surface area contributed by atoms with Crippen molar-refractivity contribution in [3.8, 4) is 5.88 Å². The number of hydrazine groups is 1. The molecule has 2 heterocycles. The predicted molar refractivity (Wildman–Crippen MR) is 78.2 cm³/mol. The first-order valence-corrected chi connectivity index (χ1v) is 6.17. The number of hydrogen-bond acceptors (Lipinski definition) is 7. The number of aromatic nitrogens is 3. The Morgan fingerprint density at radius 2 is 2.05 bits per heavy atom. The maximum absolute atomic E-state index is 12.2. The van der Waals surface area contributed by atoms with Crippen molar-refractivity contribution >= 4 is 17.7 Å². The van der Waals surface area contributed by atoms with Gasteiger partial charge in [0, 0.05) is 32.6 Å². The van der Waals surface area contributed by atoms with Crippen molar-refractivity contribution in [1.82, 2.24) is 20.4 Å². The van der Waals surface area contributed by atoms with Crippen LogP contribution in [0.4, 0.5) is 11.8 Å². The van der Waals surface area contributed by atoms with Crippen LogP contribution < -0.4 is 20.5 Å².